The third-order valence-electron chi connectivity index (χ3n) is 28.0. The number of aryl methyl sites for hydroxylation is 2. The van der Waals surface area contributed by atoms with E-state index >= 15 is 0 Å². The Kier molecular flexibility index (Phi) is 21.3. The molecular formula is C134H94N2. The van der Waals surface area contributed by atoms with Crippen LogP contribution in [-0.2, 0) is 13.1 Å². The zero-order chi connectivity index (χ0) is 90.5. The van der Waals surface area contributed by atoms with Crippen molar-refractivity contribution in [3.8, 4) is 167 Å². The van der Waals surface area contributed by atoms with E-state index in [-0.39, 0.29) is 0 Å². The Hall–Kier alpha value is -17.3. The molecule has 0 N–H and O–H groups in total. The van der Waals surface area contributed by atoms with Gasteiger partial charge in [-0.3, -0.25) is 0 Å². The van der Waals surface area contributed by atoms with Gasteiger partial charge < -0.3 is 9.13 Å². The fraction of sp³-hybridized carbons (Fsp3) is 0.0299. The molecule has 2 heteroatoms. The molecule has 640 valence electrons. The van der Waals surface area contributed by atoms with Gasteiger partial charge >= 0.3 is 0 Å². The van der Waals surface area contributed by atoms with Gasteiger partial charge in [-0.15, -0.1) is 0 Å². The molecule has 0 saturated heterocycles. The molecule has 0 saturated carbocycles. The highest BCUT2D eigenvalue weighted by Gasteiger charge is 2.24. The first-order valence-electron chi connectivity index (χ1n) is 47.5. The second-order valence-electron chi connectivity index (χ2n) is 35.8. The number of nitrogens with zero attached hydrogens (tertiary/aromatic N) is 2. The van der Waals surface area contributed by atoms with Crippen LogP contribution in [0.1, 0.15) is 13.8 Å². The number of hydrogen-bond donors (Lipinski definition) is 0. The van der Waals surface area contributed by atoms with E-state index in [1.165, 1.54) is 254 Å². The Morgan fingerprint density at radius 3 is 0.419 bits per heavy atom. The van der Waals surface area contributed by atoms with Crippen LogP contribution in [0.15, 0.2) is 510 Å². The van der Waals surface area contributed by atoms with Gasteiger partial charge in [0.2, 0.25) is 0 Å². The van der Waals surface area contributed by atoms with Crippen LogP contribution in [0.25, 0.3) is 254 Å². The largest absolute Gasteiger partial charge is 0.341 e. The quantitative estimate of drug-likeness (QED) is 0.0804. The second-order valence-corrected chi connectivity index (χ2v) is 35.8. The molecular weight excluding hydrogens is 1640 g/mol. The first-order chi connectivity index (χ1) is 67.3. The molecule has 2 aromatic heterocycles. The normalized spacial score (nSPS) is 11.5. The van der Waals surface area contributed by atoms with E-state index in [1.807, 2.05) is 0 Å². The van der Waals surface area contributed by atoms with Crippen molar-refractivity contribution in [1.29, 1.82) is 0 Å². The number of fused-ring (bicyclic) bond motifs is 10. The third kappa shape index (κ3) is 15.2. The summed E-state index contributed by atoms with van der Waals surface area (Å²) in [6, 6.07) is 188. The molecule has 0 amide bonds. The lowest BCUT2D eigenvalue weighted by Crippen LogP contribution is -1.93. The minimum absolute atomic E-state index is 0.920. The molecule has 0 bridgehead atoms. The van der Waals surface area contributed by atoms with E-state index in [2.05, 4.69) is 533 Å². The smallest absolute Gasteiger partial charge is 0.0491 e. The highest BCUT2D eigenvalue weighted by Crippen LogP contribution is 2.51. The molecule has 0 aliphatic carbocycles. The summed E-state index contributed by atoms with van der Waals surface area (Å²) in [4.78, 5) is 0. The molecule has 0 aliphatic heterocycles. The zero-order valence-corrected chi connectivity index (χ0v) is 75.8. The summed E-state index contributed by atoms with van der Waals surface area (Å²) >= 11 is 0. The van der Waals surface area contributed by atoms with Gasteiger partial charge in [0, 0.05) is 56.7 Å². The van der Waals surface area contributed by atoms with Crippen molar-refractivity contribution in [1.82, 2.24) is 9.13 Å². The third-order valence-corrected chi connectivity index (χ3v) is 28.0. The van der Waals surface area contributed by atoms with Crippen LogP contribution in [-0.4, -0.2) is 9.13 Å². The SMILES string of the molecule is CCn1c2ccc(-c3ccccc3)cc2c2cc(-c3ccc(-c4ccc(-c5c6ccc(-c7ccccc7)cc6c(-c6ccc(-c7ccccc7)cc6)c6ccc(-c7ccccc7)cc56)cc4)cc3)ccc21.CCn1c2ccc(-c3ccccc3)cc2c2cc(-c3ccc(-c4ccc(-c5c6ccc(-c7ccccc7)cc6c(-c6ccccc6)c6ccc(-c7ccccc7)cc56)cc4)cc3)ccc21. The maximum Gasteiger partial charge on any atom is 0.0491 e. The average molecular weight is 1730 g/mol. The van der Waals surface area contributed by atoms with Gasteiger partial charge in [-0.1, -0.05) is 437 Å². The van der Waals surface area contributed by atoms with E-state index in [9.17, 15) is 0 Å². The van der Waals surface area contributed by atoms with Gasteiger partial charge in [0.15, 0.2) is 0 Å². The molecule has 2 nitrogen and oxygen atoms in total. The molecule has 25 rings (SSSR count). The second kappa shape index (κ2) is 35.4. The Balaban J connectivity index is 0.000000149. The van der Waals surface area contributed by atoms with E-state index in [4.69, 9.17) is 0 Å². The summed E-state index contributed by atoms with van der Waals surface area (Å²) in [6.07, 6.45) is 0. The van der Waals surface area contributed by atoms with Crippen molar-refractivity contribution in [3.05, 3.63) is 510 Å². The highest BCUT2D eigenvalue weighted by molar-refractivity contribution is 6.25. The highest BCUT2D eigenvalue weighted by atomic mass is 15.0. The molecule has 25 aromatic rings. The van der Waals surface area contributed by atoms with Crippen LogP contribution >= 0.6 is 0 Å². The molecule has 0 fully saturated rings. The number of benzene rings is 23. The van der Waals surface area contributed by atoms with E-state index in [0.29, 0.717) is 0 Å². The van der Waals surface area contributed by atoms with Crippen LogP contribution in [0, 0.1) is 0 Å². The summed E-state index contributed by atoms with van der Waals surface area (Å²) in [5, 5.41) is 15.1. The van der Waals surface area contributed by atoms with Crippen LogP contribution in [0.4, 0.5) is 0 Å². The predicted molar refractivity (Wildman–Crippen MR) is 582 cm³/mol. The van der Waals surface area contributed by atoms with Gasteiger partial charge in [-0.05, 0) is 297 Å². The first kappa shape index (κ1) is 81.9. The van der Waals surface area contributed by atoms with Gasteiger partial charge in [-0.25, -0.2) is 0 Å². The summed E-state index contributed by atoms with van der Waals surface area (Å²) in [5.41, 5.74) is 41.6. The Morgan fingerprint density at radius 1 is 0.110 bits per heavy atom. The molecule has 23 aromatic carbocycles. The topological polar surface area (TPSA) is 9.86 Å². The molecule has 0 radical (unpaired) electrons. The molecule has 136 heavy (non-hydrogen) atoms. The predicted octanol–water partition coefficient (Wildman–Crippen LogP) is 37.2. The van der Waals surface area contributed by atoms with Crippen LogP contribution in [0.3, 0.4) is 0 Å². The van der Waals surface area contributed by atoms with E-state index in [1.54, 1.807) is 0 Å². The lowest BCUT2D eigenvalue weighted by molar-refractivity contribution is 0.827. The number of rotatable bonds is 17. The minimum atomic E-state index is 0.920. The van der Waals surface area contributed by atoms with Crippen molar-refractivity contribution >= 4 is 86.7 Å². The van der Waals surface area contributed by atoms with E-state index < -0.39 is 0 Å². The van der Waals surface area contributed by atoms with Gasteiger partial charge in [-0.2, -0.15) is 0 Å². The monoisotopic (exact) mass is 1730 g/mol. The molecule has 0 aliphatic rings. The summed E-state index contributed by atoms with van der Waals surface area (Å²) in [7, 11) is 0. The Bertz CT molecular complexity index is 8770. The maximum atomic E-state index is 2.44. The molecule has 2 heterocycles. The van der Waals surface area contributed by atoms with Crippen molar-refractivity contribution < 1.29 is 0 Å². The van der Waals surface area contributed by atoms with Crippen molar-refractivity contribution in [2.45, 2.75) is 26.9 Å². The van der Waals surface area contributed by atoms with Gasteiger partial charge in [0.1, 0.15) is 0 Å². The Labute approximate surface area is 793 Å². The van der Waals surface area contributed by atoms with Gasteiger partial charge in [0.05, 0.1) is 0 Å². The zero-order valence-electron chi connectivity index (χ0n) is 75.8. The summed E-state index contributed by atoms with van der Waals surface area (Å²) < 4.78 is 4.87. The lowest BCUT2D eigenvalue weighted by atomic mass is 9.83. The maximum absolute atomic E-state index is 2.44. The van der Waals surface area contributed by atoms with Crippen molar-refractivity contribution in [3.63, 3.8) is 0 Å². The van der Waals surface area contributed by atoms with Crippen LogP contribution in [0.5, 0.6) is 0 Å². The number of aromatic nitrogens is 2. The Morgan fingerprint density at radius 2 is 0.235 bits per heavy atom. The fourth-order valence-electron chi connectivity index (χ4n) is 21.2. The van der Waals surface area contributed by atoms with Gasteiger partial charge in [0.25, 0.3) is 0 Å². The van der Waals surface area contributed by atoms with Crippen LogP contribution < -0.4 is 0 Å². The summed E-state index contributed by atoms with van der Waals surface area (Å²) in [5.74, 6) is 0. The first-order valence-corrected chi connectivity index (χ1v) is 47.5. The molecule has 0 unspecified atom stereocenters. The number of hydrogen-bond acceptors (Lipinski definition) is 0. The van der Waals surface area contributed by atoms with Crippen molar-refractivity contribution in [2.75, 3.05) is 0 Å². The molecule has 0 spiro atoms. The minimum Gasteiger partial charge on any atom is -0.341 e. The van der Waals surface area contributed by atoms with Crippen LogP contribution in [0.2, 0.25) is 0 Å². The van der Waals surface area contributed by atoms with E-state index in [0.717, 1.165) is 13.1 Å². The average Bonchev–Trinajstić information content (AvgIpc) is 0.887. The van der Waals surface area contributed by atoms with Crippen molar-refractivity contribution in [2.24, 2.45) is 0 Å². The molecule has 0 atom stereocenters. The standard InChI is InChI=1S/C70H49N.C64H45N/c1-2-71-67-41-37-59(50-21-13-6-14-22-50)43-63(67)64-44-60(38-42-68(64)71)54-25-23-52(24-26-54)53-29-33-56(34-30-53)70-62-40-36-57(48-17-9-4-10-18-48)45-65(62)69(55-31-27-51(28-32-55)47-15-7-3-8-16-47)61-39-35-58(46-66(61)70)49-19-11-5-12-20-49;1-2-65-61-37-33-53(45-19-11-5-12-20-45)39-57(61)58-40-54(34-38-62(58)65)48-25-23-46(24-26-48)47-27-29-50(30-28-47)64-56-36-32-51(43-15-7-3-8-16-43)41-59(56)63(49-21-13-6-14-22-49)55-35-31-52(42-60(55)64)44-17-9-4-10-18-44/h3-46H,2H2,1H3;3-42H,2H2,1H3. The lowest BCUT2D eigenvalue weighted by Gasteiger charge is -2.20. The fourth-order valence-corrected chi connectivity index (χ4v) is 21.2. The summed E-state index contributed by atoms with van der Waals surface area (Å²) in [6.45, 7) is 6.31.